The number of amides is 2. The normalized spacial score (nSPS) is 15.7. The van der Waals surface area contributed by atoms with E-state index in [9.17, 15) is 14.0 Å². The van der Waals surface area contributed by atoms with E-state index < -0.39 is 0 Å². The van der Waals surface area contributed by atoms with Crippen molar-refractivity contribution in [2.75, 3.05) is 19.6 Å². The third kappa shape index (κ3) is 6.22. The fourth-order valence-corrected chi connectivity index (χ4v) is 2.60. The molecule has 124 valence electrons. The van der Waals surface area contributed by atoms with Gasteiger partial charge >= 0.3 is 0 Å². The number of carbonyl (C=O) groups excluding carboxylic acids is 2. The van der Waals surface area contributed by atoms with Gasteiger partial charge in [-0.1, -0.05) is 18.6 Å². The van der Waals surface area contributed by atoms with Gasteiger partial charge in [-0.15, -0.1) is 0 Å². The Morgan fingerprint density at radius 1 is 1.30 bits per heavy atom. The zero-order valence-corrected chi connectivity index (χ0v) is 13.3. The minimum absolute atomic E-state index is 0.212. The molecule has 0 radical (unpaired) electrons. The first-order valence-corrected chi connectivity index (χ1v) is 8.14. The van der Waals surface area contributed by atoms with Crippen LogP contribution in [0.5, 0.6) is 0 Å². The number of hydrogen-bond donors (Lipinski definition) is 1. The number of carbonyl (C=O) groups is 2. The highest BCUT2D eigenvalue weighted by Crippen LogP contribution is 2.11. The minimum Gasteiger partial charge on any atom is -0.352 e. The van der Waals surface area contributed by atoms with Gasteiger partial charge < -0.3 is 10.2 Å². The lowest BCUT2D eigenvalue weighted by Gasteiger charge is -2.20. The van der Waals surface area contributed by atoms with Crippen molar-refractivity contribution in [3.05, 3.63) is 41.7 Å². The second-order valence-corrected chi connectivity index (χ2v) is 5.72. The molecule has 1 aliphatic heterocycles. The Bertz CT molecular complexity index is 572. The van der Waals surface area contributed by atoms with Crippen molar-refractivity contribution in [3.8, 4) is 0 Å². The maximum Gasteiger partial charge on any atom is 0.244 e. The average molecular weight is 318 g/mol. The lowest BCUT2D eigenvalue weighted by molar-refractivity contribution is -0.130. The van der Waals surface area contributed by atoms with Crippen LogP contribution in [-0.2, 0) is 9.59 Å². The van der Waals surface area contributed by atoms with Crippen LogP contribution >= 0.6 is 0 Å². The van der Waals surface area contributed by atoms with Crippen LogP contribution in [0.1, 0.15) is 37.7 Å². The second-order valence-electron chi connectivity index (χ2n) is 5.72. The molecule has 0 saturated carbocycles. The smallest absolute Gasteiger partial charge is 0.244 e. The van der Waals surface area contributed by atoms with Crippen molar-refractivity contribution in [1.29, 1.82) is 0 Å². The number of benzene rings is 1. The summed E-state index contributed by atoms with van der Waals surface area (Å²) in [5.41, 5.74) is 0.648. The first-order chi connectivity index (χ1) is 11.1. The highest BCUT2D eigenvalue weighted by Gasteiger charge is 2.15. The van der Waals surface area contributed by atoms with Gasteiger partial charge in [-0.25, -0.2) is 4.39 Å². The van der Waals surface area contributed by atoms with E-state index >= 15 is 0 Å². The summed E-state index contributed by atoms with van der Waals surface area (Å²) in [5, 5.41) is 2.78. The second kappa shape index (κ2) is 9.08. The molecule has 0 spiro atoms. The number of rotatable bonds is 6. The summed E-state index contributed by atoms with van der Waals surface area (Å²) in [5.74, 6) is -0.314. The molecule has 1 aromatic carbocycles. The summed E-state index contributed by atoms with van der Waals surface area (Å²) in [4.78, 5) is 25.4. The first kappa shape index (κ1) is 17.2. The Labute approximate surface area is 136 Å². The van der Waals surface area contributed by atoms with Crippen LogP contribution in [0.25, 0.3) is 6.08 Å². The van der Waals surface area contributed by atoms with Crippen LogP contribution in [0, 0.1) is 5.82 Å². The Morgan fingerprint density at radius 3 is 3.00 bits per heavy atom. The molecule has 2 amide bonds. The fraction of sp³-hybridized carbons (Fsp3) is 0.444. The van der Waals surface area contributed by atoms with E-state index in [0.29, 0.717) is 25.1 Å². The molecule has 1 N–H and O–H groups in total. The molecule has 0 atom stereocenters. The Balaban J connectivity index is 1.67. The van der Waals surface area contributed by atoms with E-state index in [-0.39, 0.29) is 17.6 Å². The molecule has 1 saturated heterocycles. The van der Waals surface area contributed by atoms with E-state index in [1.807, 2.05) is 4.90 Å². The van der Waals surface area contributed by atoms with Crippen molar-refractivity contribution >= 4 is 17.9 Å². The lowest BCUT2D eigenvalue weighted by Crippen LogP contribution is -2.33. The molecule has 4 nitrogen and oxygen atoms in total. The summed E-state index contributed by atoms with van der Waals surface area (Å²) in [6.07, 6.45) is 7.52. The minimum atomic E-state index is -0.324. The number of halogens is 1. The van der Waals surface area contributed by atoms with Crippen LogP contribution < -0.4 is 5.32 Å². The van der Waals surface area contributed by atoms with Crippen LogP contribution in [-0.4, -0.2) is 36.3 Å². The van der Waals surface area contributed by atoms with Gasteiger partial charge in [0.25, 0.3) is 0 Å². The van der Waals surface area contributed by atoms with Gasteiger partial charge in [-0.2, -0.15) is 0 Å². The van der Waals surface area contributed by atoms with Gasteiger partial charge in [0.05, 0.1) is 0 Å². The average Bonchev–Trinajstić information content (AvgIpc) is 2.74. The molecule has 1 aliphatic rings. The van der Waals surface area contributed by atoms with Crippen molar-refractivity contribution in [1.82, 2.24) is 10.2 Å². The maximum absolute atomic E-state index is 13.0. The topological polar surface area (TPSA) is 49.4 Å². The predicted octanol–water partition coefficient (Wildman–Crippen LogP) is 2.75. The van der Waals surface area contributed by atoms with Crippen LogP contribution in [0.3, 0.4) is 0 Å². The summed E-state index contributed by atoms with van der Waals surface area (Å²) < 4.78 is 13.0. The molecule has 23 heavy (non-hydrogen) atoms. The third-order valence-corrected chi connectivity index (χ3v) is 3.85. The zero-order chi connectivity index (χ0) is 16.5. The summed E-state index contributed by atoms with van der Waals surface area (Å²) in [7, 11) is 0. The third-order valence-electron chi connectivity index (χ3n) is 3.85. The van der Waals surface area contributed by atoms with Crippen LogP contribution in [0.4, 0.5) is 4.39 Å². The summed E-state index contributed by atoms with van der Waals surface area (Å²) in [6, 6.07) is 6.07. The van der Waals surface area contributed by atoms with Crippen molar-refractivity contribution in [2.45, 2.75) is 32.1 Å². The number of nitrogens with zero attached hydrogens (tertiary/aromatic N) is 1. The highest BCUT2D eigenvalue weighted by molar-refractivity contribution is 5.91. The van der Waals surface area contributed by atoms with E-state index in [1.54, 1.807) is 18.2 Å². The molecule has 5 heteroatoms. The summed E-state index contributed by atoms with van der Waals surface area (Å²) in [6.45, 7) is 2.04. The Kier molecular flexibility index (Phi) is 6.78. The molecule has 1 fully saturated rings. The van der Waals surface area contributed by atoms with E-state index in [1.165, 1.54) is 18.2 Å². The van der Waals surface area contributed by atoms with E-state index in [0.717, 1.165) is 32.2 Å². The predicted molar refractivity (Wildman–Crippen MR) is 88.1 cm³/mol. The number of likely N-dealkylation sites (tertiary alicyclic amines) is 1. The monoisotopic (exact) mass is 318 g/mol. The SMILES string of the molecule is O=C(/C=C/c1cccc(F)c1)NCCCN1CCCCCC1=O. The van der Waals surface area contributed by atoms with Gasteiger partial charge in [0.15, 0.2) is 0 Å². The molecule has 1 aromatic rings. The van der Waals surface area contributed by atoms with Crippen molar-refractivity contribution < 1.29 is 14.0 Å². The molecular formula is C18H23FN2O2. The largest absolute Gasteiger partial charge is 0.352 e. The van der Waals surface area contributed by atoms with Gasteiger partial charge in [-0.05, 0) is 43.0 Å². The number of hydrogen-bond acceptors (Lipinski definition) is 2. The molecule has 0 aromatic heterocycles. The van der Waals surface area contributed by atoms with Crippen LogP contribution in [0.15, 0.2) is 30.3 Å². The summed E-state index contributed by atoms with van der Waals surface area (Å²) >= 11 is 0. The highest BCUT2D eigenvalue weighted by atomic mass is 19.1. The molecule has 2 rings (SSSR count). The quantitative estimate of drug-likeness (QED) is 0.648. The van der Waals surface area contributed by atoms with Gasteiger partial charge in [0.2, 0.25) is 11.8 Å². The van der Waals surface area contributed by atoms with Gasteiger partial charge in [0.1, 0.15) is 5.82 Å². The van der Waals surface area contributed by atoms with E-state index in [2.05, 4.69) is 5.32 Å². The Morgan fingerprint density at radius 2 is 2.17 bits per heavy atom. The number of nitrogens with one attached hydrogen (secondary N) is 1. The maximum atomic E-state index is 13.0. The van der Waals surface area contributed by atoms with Crippen molar-refractivity contribution in [3.63, 3.8) is 0 Å². The Hall–Kier alpha value is -2.17. The zero-order valence-electron chi connectivity index (χ0n) is 13.3. The molecule has 0 bridgehead atoms. The molecular weight excluding hydrogens is 295 g/mol. The molecule has 1 heterocycles. The van der Waals surface area contributed by atoms with Crippen molar-refractivity contribution in [2.24, 2.45) is 0 Å². The molecule has 0 unspecified atom stereocenters. The fourth-order valence-electron chi connectivity index (χ4n) is 2.60. The standard InChI is InChI=1S/C18H23FN2O2/c19-16-7-4-6-15(14-16)9-10-17(22)20-11-5-13-21-12-3-1-2-8-18(21)23/h4,6-7,9-10,14H,1-3,5,8,11-13H2,(H,20,22)/b10-9+. The van der Waals surface area contributed by atoms with Gasteiger partial charge in [0, 0.05) is 32.1 Å². The van der Waals surface area contributed by atoms with E-state index in [4.69, 9.17) is 0 Å². The molecule has 0 aliphatic carbocycles. The van der Waals surface area contributed by atoms with Crippen LogP contribution in [0.2, 0.25) is 0 Å². The van der Waals surface area contributed by atoms with Gasteiger partial charge in [-0.3, -0.25) is 9.59 Å². The lowest BCUT2D eigenvalue weighted by atomic mass is 10.2. The first-order valence-electron chi connectivity index (χ1n) is 8.14.